The number of likely N-dealkylation sites (tertiary alicyclic amines) is 1. The molecule has 4 heterocycles. The summed E-state index contributed by atoms with van der Waals surface area (Å²) in [4.78, 5) is 3.51. The summed E-state index contributed by atoms with van der Waals surface area (Å²) < 4.78 is 11.5. The largest absolute Gasteiger partial charge is 0.355 e. The Morgan fingerprint density at radius 1 is 1.36 bits per heavy atom. The van der Waals surface area contributed by atoms with Crippen LogP contribution in [0.15, 0.2) is 16.8 Å². The van der Waals surface area contributed by atoms with Gasteiger partial charge in [0.05, 0.1) is 17.1 Å². The average Bonchev–Trinajstić information content (AvgIpc) is 3.28. The highest BCUT2D eigenvalue weighted by molar-refractivity contribution is 7.09. The van der Waals surface area contributed by atoms with Crippen LogP contribution < -0.4 is 0 Å². The predicted molar refractivity (Wildman–Crippen MR) is 95.3 cm³/mol. The van der Waals surface area contributed by atoms with Gasteiger partial charge >= 0.3 is 0 Å². The van der Waals surface area contributed by atoms with E-state index in [9.17, 15) is 0 Å². The van der Waals surface area contributed by atoms with E-state index in [-0.39, 0.29) is 0 Å². The minimum atomic E-state index is 0.380. The minimum absolute atomic E-state index is 0.380. The molecule has 7 nitrogen and oxygen atoms in total. The summed E-state index contributed by atoms with van der Waals surface area (Å²) in [5, 5.41) is 12.9. The smallest absolute Gasteiger partial charge is 0.180 e. The summed E-state index contributed by atoms with van der Waals surface area (Å²) in [7, 11) is 1.97. The van der Waals surface area contributed by atoms with Crippen LogP contribution in [0.4, 0.5) is 0 Å². The van der Waals surface area contributed by atoms with Crippen molar-refractivity contribution in [1.82, 2.24) is 29.4 Å². The normalized spacial score (nSPS) is 18.8. The molecule has 3 aromatic heterocycles. The van der Waals surface area contributed by atoms with Gasteiger partial charge in [0.2, 0.25) is 0 Å². The van der Waals surface area contributed by atoms with E-state index in [4.69, 9.17) is 4.52 Å². The van der Waals surface area contributed by atoms with E-state index in [0.717, 1.165) is 60.2 Å². The monoisotopic (exact) mass is 358 g/mol. The Bertz CT molecular complexity index is 866. The lowest BCUT2D eigenvalue weighted by Gasteiger charge is -2.31. The molecule has 0 aliphatic carbocycles. The first kappa shape index (κ1) is 16.4. The van der Waals surface area contributed by atoms with Crippen LogP contribution in [0, 0.1) is 13.8 Å². The molecule has 0 spiro atoms. The van der Waals surface area contributed by atoms with Crippen molar-refractivity contribution in [2.45, 2.75) is 39.2 Å². The highest BCUT2D eigenvalue weighted by atomic mass is 32.1. The second-order valence-electron chi connectivity index (χ2n) is 6.81. The summed E-state index contributed by atoms with van der Waals surface area (Å²) in [5.41, 5.74) is 4.34. The van der Waals surface area contributed by atoms with E-state index in [0.29, 0.717) is 5.92 Å². The third-order valence-corrected chi connectivity index (χ3v) is 5.52. The fourth-order valence-electron chi connectivity index (χ4n) is 3.57. The van der Waals surface area contributed by atoms with Gasteiger partial charge in [-0.3, -0.25) is 9.58 Å². The number of hydrogen-bond donors (Lipinski definition) is 0. The zero-order chi connectivity index (χ0) is 17.4. The first-order valence-electron chi connectivity index (χ1n) is 8.57. The Morgan fingerprint density at radius 3 is 2.96 bits per heavy atom. The molecule has 8 heteroatoms. The Morgan fingerprint density at radius 2 is 2.24 bits per heavy atom. The SMILES string of the molecule is Cc1cc(-c2snnc2[C@H]2CCCN(Cc3cn(C)nc3C)C2)on1. The zero-order valence-corrected chi connectivity index (χ0v) is 15.6. The van der Waals surface area contributed by atoms with E-state index in [1.165, 1.54) is 17.1 Å². The highest BCUT2D eigenvalue weighted by Crippen LogP contribution is 2.35. The molecular formula is C17H22N6OS. The van der Waals surface area contributed by atoms with Crippen molar-refractivity contribution in [3.05, 3.63) is 34.9 Å². The zero-order valence-electron chi connectivity index (χ0n) is 14.8. The molecule has 132 valence electrons. The maximum atomic E-state index is 5.44. The lowest BCUT2D eigenvalue weighted by molar-refractivity contribution is 0.198. The first-order valence-corrected chi connectivity index (χ1v) is 9.35. The second-order valence-corrected chi connectivity index (χ2v) is 7.56. The molecule has 4 rings (SSSR count). The summed E-state index contributed by atoms with van der Waals surface area (Å²) in [6, 6.07) is 1.96. The minimum Gasteiger partial charge on any atom is -0.355 e. The topological polar surface area (TPSA) is 72.9 Å². The Labute approximate surface area is 150 Å². The third-order valence-electron chi connectivity index (χ3n) is 4.77. The van der Waals surface area contributed by atoms with Gasteiger partial charge in [-0.2, -0.15) is 5.10 Å². The van der Waals surface area contributed by atoms with Crippen LogP contribution in [-0.4, -0.2) is 42.5 Å². The van der Waals surface area contributed by atoms with Gasteiger partial charge in [0.1, 0.15) is 4.88 Å². The molecule has 1 saturated heterocycles. The first-order chi connectivity index (χ1) is 12.1. The van der Waals surface area contributed by atoms with Crippen molar-refractivity contribution in [3.8, 4) is 10.6 Å². The fourth-order valence-corrected chi connectivity index (χ4v) is 4.27. The van der Waals surface area contributed by atoms with Gasteiger partial charge in [-0.15, -0.1) is 5.10 Å². The second kappa shape index (κ2) is 6.68. The van der Waals surface area contributed by atoms with Crippen molar-refractivity contribution < 1.29 is 4.52 Å². The van der Waals surface area contributed by atoms with E-state index < -0.39 is 0 Å². The number of nitrogens with zero attached hydrogens (tertiary/aromatic N) is 6. The van der Waals surface area contributed by atoms with Gasteiger partial charge in [-0.1, -0.05) is 9.64 Å². The maximum Gasteiger partial charge on any atom is 0.180 e. The van der Waals surface area contributed by atoms with Crippen molar-refractivity contribution in [2.75, 3.05) is 13.1 Å². The Kier molecular flexibility index (Phi) is 4.39. The average molecular weight is 358 g/mol. The number of aryl methyl sites for hydroxylation is 3. The van der Waals surface area contributed by atoms with E-state index in [2.05, 4.69) is 37.9 Å². The summed E-state index contributed by atoms with van der Waals surface area (Å²) >= 11 is 1.39. The molecule has 0 amide bonds. The molecule has 0 saturated carbocycles. The van der Waals surface area contributed by atoms with Crippen LogP contribution in [0.25, 0.3) is 10.6 Å². The lowest BCUT2D eigenvalue weighted by atomic mass is 9.93. The van der Waals surface area contributed by atoms with E-state index in [1.54, 1.807) is 0 Å². The maximum absolute atomic E-state index is 5.44. The highest BCUT2D eigenvalue weighted by Gasteiger charge is 2.28. The molecule has 1 atom stereocenters. The number of hydrogen-bond acceptors (Lipinski definition) is 7. The Hall–Kier alpha value is -2.06. The van der Waals surface area contributed by atoms with Gasteiger partial charge in [-0.05, 0) is 44.8 Å². The quantitative estimate of drug-likeness (QED) is 0.714. The van der Waals surface area contributed by atoms with Gasteiger partial charge in [0.15, 0.2) is 5.76 Å². The molecule has 0 aromatic carbocycles. The van der Waals surface area contributed by atoms with Gasteiger partial charge in [0.25, 0.3) is 0 Å². The number of aromatic nitrogens is 5. The lowest BCUT2D eigenvalue weighted by Crippen LogP contribution is -2.34. The van der Waals surface area contributed by atoms with Crippen LogP contribution in [0.5, 0.6) is 0 Å². The summed E-state index contributed by atoms with van der Waals surface area (Å²) in [5.74, 6) is 1.16. The molecule has 0 bridgehead atoms. The van der Waals surface area contributed by atoms with Crippen LogP contribution in [-0.2, 0) is 13.6 Å². The fraction of sp³-hybridized carbons (Fsp3) is 0.529. The molecule has 3 aromatic rings. The van der Waals surface area contributed by atoms with Crippen LogP contribution in [0.3, 0.4) is 0 Å². The summed E-state index contributed by atoms with van der Waals surface area (Å²) in [6.07, 6.45) is 4.41. The molecule has 25 heavy (non-hydrogen) atoms. The van der Waals surface area contributed by atoms with E-state index in [1.807, 2.05) is 24.7 Å². The Balaban J connectivity index is 1.52. The molecule has 0 unspecified atom stereocenters. The summed E-state index contributed by atoms with van der Waals surface area (Å²) in [6.45, 7) is 7.04. The molecule has 1 aliphatic rings. The molecule has 0 N–H and O–H groups in total. The van der Waals surface area contributed by atoms with Gasteiger partial charge in [-0.25, -0.2) is 0 Å². The van der Waals surface area contributed by atoms with Crippen molar-refractivity contribution in [1.29, 1.82) is 0 Å². The molecular weight excluding hydrogens is 336 g/mol. The third kappa shape index (κ3) is 3.36. The van der Waals surface area contributed by atoms with Crippen LogP contribution in [0.2, 0.25) is 0 Å². The van der Waals surface area contributed by atoms with Crippen LogP contribution >= 0.6 is 11.5 Å². The van der Waals surface area contributed by atoms with Crippen molar-refractivity contribution in [3.63, 3.8) is 0 Å². The molecule has 0 radical (unpaired) electrons. The van der Waals surface area contributed by atoms with Gasteiger partial charge < -0.3 is 4.52 Å². The van der Waals surface area contributed by atoms with Gasteiger partial charge in [0, 0.05) is 43.9 Å². The van der Waals surface area contributed by atoms with Crippen LogP contribution in [0.1, 0.15) is 41.4 Å². The predicted octanol–water partition coefficient (Wildman–Crippen LogP) is 2.92. The number of piperidine rings is 1. The van der Waals surface area contributed by atoms with Crippen molar-refractivity contribution >= 4 is 11.5 Å². The molecule has 1 fully saturated rings. The molecule has 1 aliphatic heterocycles. The van der Waals surface area contributed by atoms with E-state index >= 15 is 0 Å². The van der Waals surface area contributed by atoms with Crippen molar-refractivity contribution in [2.24, 2.45) is 7.05 Å². The standard InChI is InChI=1S/C17H22N6OS/c1-11-7-15(24-20-11)17-16(18-21-25-17)13-5-4-6-23(9-13)10-14-8-22(3)19-12(14)2/h7-8,13H,4-6,9-10H2,1-3H3/t13-/m0/s1. The number of rotatable bonds is 4.